The zero-order valence-corrected chi connectivity index (χ0v) is 14.0. The molecule has 0 saturated carbocycles. The number of thiocarbonyl (C=S) groups is 1. The van der Waals surface area contributed by atoms with Gasteiger partial charge in [-0.3, -0.25) is 15.0 Å². The molecule has 11 heteroatoms. The highest BCUT2D eigenvalue weighted by Gasteiger charge is 2.31. The molecule has 1 aromatic carbocycles. The SMILES string of the molecule is O=C1Nn2c(nnc2-c2ccccc2)SC(=O)C1=CC1N=NC(=S)O1. The fourth-order valence-corrected chi connectivity index (χ4v) is 3.10. The van der Waals surface area contributed by atoms with E-state index in [1.54, 1.807) is 0 Å². The summed E-state index contributed by atoms with van der Waals surface area (Å²) in [7, 11) is 0. The van der Waals surface area contributed by atoms with E-state index in [-0.39, 0.29) is 15.9 Å². The highest BCUT2D eigenvalue weighted by atomic mass is 32.2. The number of rotatable bonds is 2. The maximum absolute atomic E-state index is 12.5. The number of carbonyl (C=O) groups excluding carboxylic acids is 2. The molecule has 1 unspecified atom stereocenters. The molecular weight excluding hydrogens is 364 g/mol. The normalized spacial score (nSPS) is 21.0. The van der Waals surface area contributed by atoms with Gasteiger partial charge in [0.05, 0.1) is 5.57 Å². The van der Waals surface area contributed by atoms with E-state index in [1.165, 1.54) is 10.8 Å². The molecule has 2 aromatic rings. The molecule has 4 rings (SSSR count). The Kier molecular flexibility index (Phi) is 3.86. The Labute approximate surface area is 150 Å². The molecule has 0 spiro atoms. The first kappa shape index (κ1) is 15.6. The van der Waals surface area contributed by atoms with Gasteiger partial charge in [0.1, 0.15) is 0 Å². The molecule has 0 fully saturated rings. The molecule has 9 nitrogen and oxygen atoms in total. The zero-order valence-electron chi connectivity index (χ0n) is 12.3. The summed E-state index contributed by atoms with van der Waals surface area (Å²) in [5.41, 5.74) is 3.25. The van der Waals surface area contributed by atoms with E-state index in [2.05, 4.69) is 25.9 Å². The minimum absolute atomic E-state index is 0.0422. The average Bonchev–Trinajstić information content (AvgIpc) is 3.17. The second-order valence-electron chi connectivity index (χ2n) is 4.91. The fraction of sp³-hybridized carbons (Fsp3) is 0.0714. The van der Waals surface area contributed by atoms with E-state index in [4.69, 9.17) is 17.0 Å². The van der Waals surface area contributed by atoms with E-state index >= 15 is 0 Å². The van der Waals surface area contributed by atoms with Crippen molar-refractivity contribution >= 4 is 40.2 Å². The van der Waals surface area contributed by atoms with Gasteiger partial charge in [0.2, 0.25) is 16.5 Å². The Hall–Kier alpha value is -2.92. The first-order chi connectivity index (χ1) is 12.1. The van der Waals surface area contributed by atoms with Gasteiger partial charge >= 0.3 is 5.17 Å². The van der Waals surface area contributed by atoms with Crippen LogP contribution in [0.2, 0.25) is 0 Å². The molecule has 1 N–H and O–H groups in total. The number of benzene rings is 1. The minimum atomic E-state index is -0.894. The minimum Gasteiger partial charge on any atom is -0.437 e. The number of azo groups is 1. The van der Waals surface area contributed by atoms with Gasteiger partial charge in [-0.2, -0.15) is 0 Å². The van der Waals surface area contributed by atoms with Crippen LogP contribution in [0.3, 0.4) is 0 Å². The monoisotopic (exact) mass is 372 g/mol. The van der Waals surface area contributed by atoms with Crippen molar-refractivity contribution in [3.8, 4) is 11.4 Å². The van der Waals surface area contributed by atoms with Gasteiger partial charge in [-0.15, -0.1) is 20.4 Å². The fourth-order valence-electron chi connectivity index (χ4n) is 2.21. The molecule has 1 aromatic heterocycles. The summed E-state index contributed by atoms with van der Waals surface area (Å²) in [6.07, 6.45) is 0.380. The molecule has 2 aliphatic rings. The Morgan fingerprint density at radius 1 is 1.24 bits per heavy atom. The van der Waals surface area contributed by atoms with Crippen LogP contribution in [-0.2, 0) is 14.3 Å². The largest absolute Gasteiger partial charge is 0.437 e. The van der Waals surface area contributed by atoms with E-state index in [1.807, 2.05) is 30.3 Å². The van der Waals surface area contributed by atoms with Crippen LogP contribution in [0, 0.1) is 0 Å². The summed E-state index contributed by atoms with van der Waals surface area (Å²) in [5.74, 6) is -0.201. The third-order valence-electron chi connectivity index (χ3n) is 3.31. The van der Waals surface area contributed by atoms with Crippen LogP contribution < -0.4 is 5.43 Å². The zero-order chi connectivity index (χ0) is 17.4. The molecule has 0 aliphatic carbocycles. The smallest absolute Gasteiger partial charge is 0.304 e. The van der Waals surface area contributed by atoms with Crippen molar-refractivity contribution in [1.29, 1.82) is 0 Å². The van der Waals surface area contributed by atoms with Crippen molar-refractivity contribution in [2.75, 3.05) is 5.43 Å². The molecule has 1 amide bonds. The maximum atomic E-state index is 12.5. The van der Waals surface area contributed by atoms with Crippen LogP contribution >= 0.6 is 24.0 Å². The molecule has 1 atom stereocenters. The predicted octanol–water partition coefficient (Wildman–Crippen LogP) is 1.67. The van der Waals surface area contributed by atoms with Crippen LogP contribution in [0.1, 0.15) is 0 Å². The van der Waals surface area contributed by atoms with Gasteiger partial charge in [0, 0.05) is 5.56 Å². The number of ether oxygens (including phenoxy) is 1. The van der Waals surface area contributed by atoms with Crippen molar-refractivity contribution < 1.29 is 14.3 Å². The van der Waals surface area contributed by atoms with Gasteiger partial charge in [-0.05, 0) is 30.1 Å². The highest BCUT2D eigenvalue weighted by molar-refractivity contribution is 8.14. The van der Waals surface area contributed by atoms with Crippen molar-refractivity contribution in [2.24, 2.45) is 10.2 Å². The molecule has 2 aliphatic heterocycles. The maximum Gasteiger partial charge on any atom is 0.304 e. The van der Waals surface area contributed by atoms with Crippen LogP contribution in [-0.4, -0.2) is 37.3 Å². The van der Waals surface area contributed by atoms with Gasteiger partial charge in [0.15, 0.2) is 5.82 Å². The summed E-state index contributed by atoms with van der Waals surface area (Å²) in [6.45, 7) is 0. The summed E-state index contributed by atoms with van der Waals surface area (Å²) in [6, 6.07) is 9.19. The first-order valence-corrected chi connectivity index (χ1v) is 8.22. The Balaban J connectivity index is 1.69. The first-order valence-electron chi connectivity index (χ1n) is 6.99. The van der Waals surface area contributed by atoms with Gasteiger partial charge in [-0.25, -0.2) is 4.68 Å². The number of hydrogen-bond donors (Lipinski definition) is 1. The van der Waals surface area contributed by atoms with Crippen molar-refractivity contribution in [3.63, 3.8) is 0 Å². The molecule has 25 heavy (non-hydrogen) atoms. The average molecular weight is 372 g/mol. The molecule has 3 heterocycles. The lowest BCUT2D eigenvalue weighted by atomic mass is 10.2. The van der Waals surface area contributed by atoms with E-state index < -0.39 is 17.3 Å². The number of nitrogens with one attached hydrogen (secondary N) is 1. The summed E-state index contributed by atoms with van der Waals surface area (Å²) in [4.78, 5) is 24.9. The molecular formula is C14H8N6O3S2. The van der Waals surface area contributed by atoms with Crippen LogP contribution in [0.15, 0.2) is 57.4 Å². The number of nitrogens with zero attached hydrogens (tertiary/aromatic N) is 5. The Morgan fingerprint density at radius 3 is 2.76 bits per heavy atom. The van der Waals surface area contributed by atoms with E-state index in [0.717, 1.165) is 17.3 Å². The predicted molar refractivity (Wildman–Crippen MR) is 91.1 cm³/mol. The lowest BCUT2D eigenvalue weighted by molar-refractivity contribution is -0.116. The number of hydrogen-bond acceptors (Lipinski definition) is 8. The number of aromatic nitrogens is 3. The number of fused-ring (bicyclic) bond motifs is 1. The van der Waals surface area contributed by atoms with Crippen molar-refractivity contribution in [2.45, 2.75) is 11.4 Å². The highest BCUT2D eigenvalue weighted by Crippen LogP contribution is 2.28. The number of thioether (sulfide) groups is 1. The summed E-state index contributed by atoms with van der Waals surface area (Å²) >= 11 is 5.52. The third kappa shape index (κ3) is 2.94. The third-order valence-corrected chi connectivity index (χ3v) is 4.34. The summed E-state index contributed by atoms with van der Waals surface area (Å²) < 4.78 is 6.48. The second-order valence-corrected chi connectivity index (χ2v) is 6.20. The molecule has 0 radical (unpaired) electrons. The summed E-state index contributed by atoms with van der Waals surface area (Å²) in [5, 5.41) is 15.0. The van der Waals surface area contributed by atoms with Crippen molar-refractivity contribution in [1.82, 2.24) is 14.9 Å². The molecule has 124 valence electrons. The van der Waals surface area contributed by atoms with Crippen LogP contribution in [0.25, 0.3) is 11.4 Å². The Morgan fingerprint density at radius 2 is 2.04 bits per heavy atom. The Bertz CT molecular complexity index is 953. The van der Waals surface area contributed by atoms with E-state index in [9.17, 15) is 9.59 Å². The lowest BCUT2D eigenvalue weighted by Gasteiger charge is -2.08. The standard InChI is InChI=1S/C14H8N6O3S2/c21-11-8(6-9-15-18-14(24)23-9)12(22)25-13-17-16-10(20(13)19-11)7-4-2-1-3-5-7/h1-6,9H,(H,19,21). The van der Waals surface area contributed by atoms with Gasteiger partial charge < -0.3 is 4.74 Å². The van der Waals surface area contributed by atoms with Crippen LogP contribution in [0.4, 0.5) is 0 Å². The quantitative estimate of drug-likeness (QED) is 0.485. The van der Waals surface area contributed by atoms with Crippen molar-refractivity contribution in [3.05, 3.63) is 42.0 Å². The van der Waals surface area contributed by atoms with Gasteiger partial charge in [0.25, 0.3) is 5.91 Å². The molecule has 0 bridgehead atoms. The number of amides is 1. The topological polar surface area (TPSA) is 111 Å². The lowest BCUT2D eigenvalue weighted by Crippen LogP contribution is -2.26. The van der Waals surface area contributed by atoms with Gasteiger partial charge in [-0.1, -0.05) is 30.3 Å². The van der Waals surface area contributed by atoms with Crippen LogP contribution in [0.5, 0.6) is 0 Å². The number of carbonyl (C=O) groups is 2. The van der Waals surface area contributed by atoms with E-state index in [0.29, 0.717) is 5.82 Å². The molecule has 0 saturated heterocycles. The second kappa shape index (κ2) is 6.18.